The summed E-state index contributed by atoms with van der Waals surface area (Å²) in [5.41, 5.74) is 3.66. The minimum atomic E-state index is 0.0883. The molecule has 0 radical (unpaired) electrons. The van der Waals surface area contributed by atoms with E-state index in [1.54, 1.807) is 11.8 Å². The Balaban J connectivity index is 1.81. The molecule has 2 rings (SSSR count). The first-order valence-electron chi connectivity index (χ1n) is 8.38. The van der Waals surface area contributed by atoms with Crippen LogP contribution in [0.25, 0.3) is 0 Å². The normalized spacial score (nSPS) is 14.7. The van der Waals surface area contributed by atoms with E-state index in [0.717, 1.165) is 12.1 Å². The molecule has 23 heavy (non-hydrogen) atoms. The molecule has 1 N–H and O–H groups in total. The van der Waals surface area contributed by atoms with Gasteiger partial charge < -0.3 is 15.1 Å². The van der Waals surface area contributed by atoms with Gasteiger partial charge in [-0.25, -0.2) is 0 Å². The van der Waals surface area contributed by atoms with Crippen molar-refractivity contribution >= 4 is 17.5 Å². The van der Waals surface area contributed by atoms with E-state index in [9.17, 15) is 9.59 Å². The lowest BCUT2D eigenvalue weighted by atomic mass is 10.1. The molecule has 0 aliphatic carbocycles. The first-order valence-corrected chi connectivity index (χ1v) is 8.38. The molecule has 0 saturated carbocycles. The third-order valence-corrected chi connectivity index (χ3v) is 4.46. The second kappa shape index (κ2) is 7.99. The zero-order valence-electron chi connectivity index (χ0n) is 14.4. The number of nitrogens with zero attached hydrogens (tertiary/aromatic N) is 2. The topological polar surface area (TPSA) is 52.7 Å². The van der Waals surface area contributed by atoms with Gasteiger partial charge >= 0.3 is 0 Å². The molecule has 126 valence electrons. The van der Waals surface area contributed by atoms with Crippen LogP contribution in [0, 0.1) is 6.92 Å². The van der Waals surface area contributed by atoms with Crippen LogP contribution in [0.4, 0.5) is 5.69 Å². The molecule has 2 amide bonds. The summed E-state index contributed by atoms with van der Waals surface area (Å²) in [6, 6.07) is 6.28. The van der Waals surface area contributed by atoms with Crippen LogP contribution < -0.4 is 5.32 Å². The number of nitrogens with one attached hydrogen (secondary N) is 1. The fourth-order valence-corrected chi connectivity index (χ4v) is 3.00. The van der Waals surface area contributed by atoms with Gasteiger partial charge in [-0.3, -0.25) is 9.59 Å². The summed E-state index contributed by atoms with van der Waals surface area (Å²) in [5, 5.41) is 3.42. The molecule has 1 aromatic rings. The fourth-order valence-electron chi connectivity index (χ4n) is 3.00. The number of piperazine rings is 1. The van der Waals surface area contributed by atoms with Gasteiger partial charge in [0.25, 0.3) is 0 Å². The lowest BCUT2D eigenvalue weighted by Gasteiger charge is -2.34. The summed E-state index contributed by atoms with van der Waals surface area (Å²) in [6.45, 7) is 9.02. The molecule has 0 unspecified atom stereocenters. The molecule has 1 heterocycles. The minimum Gasteiger partial charge on any atom is -0.384 e. The molecule has 1 aliphatic heterocycles. The molecular formula is C18H27N3O2. The predicted octanol–water partition coefficient (Wildman–Crippen LogP) is 2.05. The quantitative estimate of drug-likeness (QED) is 0.904. The van der Waals surface area contributed by atoms with Crippen molar-refractivity contribution in [3.63, 3.8) is 0 Å². The third-order valence-electron chi connectivity index (χ3n) is 4.46. The van der Waals surface area contributed by atoms with Gasteiger partial charge in [0.2, 0.25) is 11.8 Å². The number of carbonyl (C=O) groups excluding carboxylic acids is 2. The minimum absolute atomic E-state index is 0.0883. The predicted molar refractivity (Wildman–Crippen MR) is 92.5 cm³/mol. The Morgan fingerprint density at radius 3 is 2.39 bits per heavy atom. The summed E-state index contributed by atoms with van der Waals surface area (Å²) >= 11 is 0. The van der Waals surface area contributed by atoms with Crippen molar-refractivity contribution in [2.75, 3.05) is 38.0 Å². The van der Waals surface area contributed by atoms with E-state index < -0.39 is 0 Å². The van der Waals surface area contributed by atoms with Gasteiger partial charge in [-0.05, 0) is 24.5 Å². The van der Waals surface area contributed by atoms with Crippen LogP contribution in [-0.4, -0.2) is 54.3 Å². The van der Waals surface area contributed by atoms with Crippen LogP contribution in [0.1, 0.15) is 31.4 Å². The molecule has 5 nitrogen and oxygen atoms in total. The van der Waals surface area contributed by atoms with Crippen molar-refractivity contribution in [3.05, 3.63) is 29.3 Å². The average Bonchev–Trinajstić information content (AvgIpc) is 2.56. The number of rotatable bonds is 5. The Hall–Kier alpha value is -2.04. The van der Waals surface area contributed by atoms with Gasteiger partial charge in [-0.1, -0.05) is 25.1 Å². The number of hydrogen-bond donors (Lipinski definition) is 1. The monoisotopic (exact) mass is 317 g/mol. The van der Waals surface area contributed by atoms with E-state index in [1.807, 2.05) is 4.90 Å². The maximum Gasteiger partial charge on any atom is 0.224 e. The third kappa shape index (κ3) is 4.47. The van der Waals surface area contributed by atoms with E-state index >= 15 is 0 Å². The standard InChI is InChI=1S/C18H27N3O2/c1-4-16-7-5-6-14(2)18(16)19-9-8-17(23)21-12-10-20(11-13-21)15(3)22/h5-7,19H,4,8-13H2,1-3H3. The molecule has 0 spiro atoms. The van der Waals surface area contributed by atoms with Crippen molar-refractivity contribution in [1.29, 1.82) is 0 Å². The van der Waals surface area contributed by atoms with Gasteiger partial charge in [-0.2, -0.15) is 0 Å². The summed E-state index contributed by atoms with van der Waals surface area (Å²) in [6.07, 6.45) is 1.46. The first kappa shape index (κ1) is 17.3. The van der Waals surface area contributed by atoms with E-state index in [1.165, 1.54) is 11.1 Å². The number of para-hydroxylation sites is 1. The van der Waals surface area contributed by atoms with Gasteiger partial charge in [-0.15, -0.1) is 0 Å². The lowest BCUT2D eigenvalue weighted by molar-refractivity contribution is -0.138. The van der Waals surface area contributed by atoms with Crippen LogP contribution >= 0.6 is 0 Å². The number of benzene rings is 1. The fraction of sp³-hybridized carbons (Fsp3) is 0.556. The molecule has 0 bridgehead atoms. The van der Waals surface area contributed by atoms with Crippen molar-refractivity contribution in [1.82, 2.24) is 9.80 Å². The second-order valence-electron chi connectivity index (χ2n) is 6.03. The molecule has 1 fully saturated rings. The Morgan fingerprint density at radius 2 is 1.78 bits per heavy atom. The molecule has 1 aliphatic rings. The van der Waals surface area contributed by atoms with Gasteiger partial charge in [0.05, 0.1) is 0 Å². The van der Waals surface area contributed by atoms with Crippen LogP contribution in [0.2, 0.25) is 0 Å². The highest BCUT2D eigenvalue weighted by molar-refractivity contribution is 5.78. The first-order chi connectivity index (χ1) is 11.0. The number of carbonyl (C=O) groups is 2. The zero-order chi connectivity index (χ0) is 16.8. The van der Waals surface area contributed by atoms with E-state index in [-0.39, 0.29) is 11.8 Å². The van der Waals surface area contributed by atoms with Crippen molar-refractivity contribution in [2.24, 2.45) is 0 Å². The Bertz CT molecular complexity index is 563. The van der Waals surface area contributed by atoms with E-state index in [0.29, 0.717) is 39.1 Å². The summed E-state index contributed by atoms with van der Waals surface area (Å²) in [4.78, 5) is 27.3. The molecular weight excluding hydrogens is 290 g/mol. The highest BCUT2D eigenvalue weighted by atomic mass is 16.2. The van der Waals surface area contributed by atoms with Crippen LogP contribution in [0.15, 0.2) is 18.2 Å². The van der Waals surface area contributed by atoms with E-state index in [2.05, 4.69) is 37.4 Å². The molecule has 0 atom stereocenters. The van der Waals surface area contributed by atoms with Crippen LogP contribution in [-0.2, 0) is 16.0 Å². The van der Waals surface area contributed by atoms with Crippen molar-refractivity contribution in [2.45, 2.75) is 33.6 Å². The van der Waals surface area contributed by atoms with Crippen molar-refractivity contribution < 1.29 is 9.59 Å². The number of amides is 2. The highest BCUT2D eigenvalue weighted by Gasteiger charge is 2.21. The Kier molecular flexibility index (Phi) is 6.02. The van der Waals surface area contributed by atoms with E-state index in [4.69, 9.17) is 0 Å². The maximum absolute atomic E-state index is 12.3. The molecule has 0 aromatic heterocycles. The van der Waals surface area contributed by atoms with Crippen molar-refractivity contribution in [3.8, 4) is 0 Å². The molecule has 1 saturated heterocycles. The number of anilines is 1. The summed E-state index contributed by atoms with van der Waals surface area (Å²) in [5.74, 6) is 0.248. The van der Waals surface area contributed by atoms with Crippen LogP contribution in [0.5, 0.6) is 0 Å². The SMILES string of the molecule is CCc1cccc(C)c1NCCC(=O)N1CCN(C(C)=O)CC1. The summed E-state index contributed by atoms with van der Waals surface area (Å²) < 4.78 is 0. The molecule has 5 heteroatoms. The number of hydrogen-bond acceptors (Lipinski definition) is 3. The highest BCUT2D eigenvalue weighted by Crippen LogP contribution is 2.21. The zero-order valence-corrected chi connectivity index (χ0v) is 14.4. The van der Waals surface area contributed by atoms with Gasteiger partial charge in [0.1, 0.15) is 0 Å². The van der Waals surface area contributed by atoms with Crippen LogP contribution in [0.3, 0.4) is 0 Å². The lowest BCUT2D eigenvalue weighted by Crippen LogP contribution is -2.50. The number of aryl methyl sites for hydroxylation is 2. The second-order valence-corrected chi connectivity index (χ2v) is 6.03. The van der Waals surface area contributed by atoms with Gasteiger partial charge in [0.15, 0.2) is 0 Å². The summed E-state index contributed by atoms with van der Waals surface area (Å²) in [7, 11) is 0. The maximum atomic E-state index is 12.3. The molecule has 1 aromatic carbocycles. The smallest absolute Gasteiger partial charge is 0.224 e. The van der Waals surface area contributed by atoms with Gasteiger partial charge in [0, 0.05) is 51.8 Å². The largest absolute Gasteiger partial charge is 0.384 e. The Morgan fingerprint density at radius 1 is 1.13 bits per heavy atom. The average molecular weight is 317 g/mol. The Labute approximate surface area is 138 Å².